The van der Waals surface area contributed by atoms with Crippen molar-refractivity contribution >= 4 is 10.0 Å². The Bertz CT molecular complexity index is 732. The van der Waals surface area contributed by atoms with E-state index in [-0.39, 0.29) is 11.0 Å². The summed E-state index contributed by atoms with van der Waals surface area (Å²) in [5.74, 6) is 1.12. The van der Waals surface area contributed by atoms with Crippen molar-refractivity contribution < 1.29 is 13.2 Å². The Morgan fingerprint density at radius 3 is 2.70 bits per heavy atom. The van der Waals surface area contributed by atoms with Crippen LogP contribution in [0.2, 0.25) is 0 Å². The smallest absolute Gasteiger partial charge is 0.238 e. The van der Waals surface area contributed by atoms with Gasteiger partial charge in [0.1, 0.15) is 5.75 Å². The van der Waals surface area contributed by atoms with E-state index in [0.29, 0.717) is 11.6 Å². The van der Waals surface area contributed by atoms with E-state index < -0.39 is 10.0 Å². The maximum absolute atomic E-state index is 11.4. The van der Waals surface area contributed by atoms with Gasteiger partial charge in [0.05, 0.1) is 4.90 Å². The summed E-state index contributed by atoms with van der Waals surface area (Å²) in [6.07, 6.45) is 4.58. The van der Waals surface area contributed by atoms with Crippen LogP contribution in [0.4, 0.5) is 0 Å². The molecule has 1 aliphatic rings. The molecule has 1 aromatic heterocycles. The van der Waals surface area contributed by atoms with Crippen LogP contribution >= 0.6 is 0 Å². The van der Waals surface area contributed by atoms with Gasteiger partial charge in [-0.2, -0.15) is 0 Å². The van der Waals surface area contributed by atoms with Crippen molar-refractivity contribution in [2.45, 2.75) is 23.8 Å². The normalized spacial score (nSPS) is 18.1. The second kappa shape index (κ2) is 4.84. The summed E-state index contributed by atoms with van der Waals surface area (Å²) in [5.41, 5.74) is 0.963. The van der Waals surface area contributed by atoms with Crippen LogP contribution in [0.25, 0.3) is 0 Å². The van der Waals surface area contributed by atoms with Gasteiger partial charge in [-0.05, 0) is 30.5 Å². The predicted octanol–water partition coefficient (Wildman–Crippen LogP) is 1.19. The topological polar surface area (TPSA) is 95.2 Å². The van der Waals surface area contributed by atoms with Gasteiger partial charge in [-0.25, -0.2) is 23.5 Å². The van der Waals surface area contributed by atoms with Crippen molar-refractivity contribution in [3.05, 3.63) is 48.0 Å². The number of fused-ring (bicyclic) bond motifs is 1. The molecule has 0 saturated heterocycles. The molecule has 0 amide bonds. The molecule has 0 aliphatic carbocycles. The average molecular weight is 291 g/mol. The minimum Gasteiger partial charge on any atom is -0.482 e. The number of benzene rings is 1. The lowest BCUT2D eigenvalue weighted by Crippen LogP contribution is -2.18. The Morgan fingerprint density at radius 1 is 1.25 bits per heavy atom. The van der Waals surface area contributed by atoms with Crippen LogP contribution in [0.15, 0.2) is 41.6 Å². The highest BCUT2D eigenvalue weighted by atomic mass is 32.2. The number of nitrogens with two attached hydrogens (primary N) is 1. The molecule has 7 heteroatoms. The third-order valence-electron chi connectivity index (χ3n) is 3.19. The van der Waals surface area contributed by atoms with Gasteiger partial charge in [0, 0.05) is 18.5 Å². The maximum Gasteiger partial charge on any atom is 0.238 e. The molecule has 0 fully saturated rings. The first-order valence-electron chi connectivity index (χ1n) is 6.13. The molecule has 2 heterocycles. The van der Waals surface area contributed by atoms with Crippen molar-refractivity contribution in [2.75, 3.05) is 0 Å². The van der Waals surface area contributed by atoms with E-state index >= 15 is 0 Å². The fourth-order valence-corrected chi connectivity index (χ4v) is 2.71. The van der Waals surface area contributed by atoms with Crippen LogP contribution in [0.3, 0.4) is 0 Å². The van der Waals surface area contributed by atoms with Gasteiger partial charge in [-0.1, -0.05) is 6.07 Å². The molecule has 20 heavy (non-hydrogen) atoms. The number of rotatable bonds is 2. The Balaban J connectivity index is 1.94. The molecule has 1 unspecified atom stereocenters. The fourth-order valence-electron chi connectivity index (χ4n) is 2.19. The fraction of sp³-hybridized carbons (Fsp3) is 0.231. The van der Waals surface area contributed by atoms with E-state index in [9.17, 15) is 8.42 Å². The quantitative estimate of drug-likeness (QED) is 0.896. The van der Waals surface area contributed by atoms with Crippen LogP contribution < -0.4 is 9.88 Å². The third-order valence-corrected chi connectivity index (χ3v) is 4.10. The van der Waals surface area contributed by atoms with E-state index in [4.69, 9.17) is 9.88 Å². The molecule has 0 radical (unpaired) electrons. The van der Waals surface area contributed by atoms with E-state index in [1.807, 2.05) is 0 Å². The molecule has 1 aromatic carbocycles. The lowest BCUT2D eigenvalue weighted by molar-refractivity contribution is 0.166. The van der Waals surface area contributed by atoms with Crippen LogP contribution in [0.1, 0.15) is 23.9 Å². The zero-order valence-corrected chi connectivity index (χ0v) is 11.4. The van der Waals surface area contributed by atoms with Crippen molar-refractivity contribution in [1.82, 2.24) is 9.97 Å². The Kier molecular flexibility index (Phi) is 3.15. The summed E-state index contributed by atoms with van der Waals surface area (Å²) in [6.45, 7) is 0. The summed E-state index contributed by atoms with van der Waals surface area (Å²) < 4.78 is 28.5. The maximum atomic E-state index is 11.4. The molecule has 0 bridgehead atoms. The zero-order valence-electron chi connectivity index (χ0n) is 10.6. The van der Waals surface area contributed by atoms with Gasteiger partial charge in [0.25, 0.3) is 0 Å². The van der Waals surface area contributed by atoms with E-state index in [2.05, 4.69) is 9.97 Å². The third kappa shape index (κ3) is 2.50. The standard InChI is InChI=1S/C13H13N3O3S/c14-20(17,18)10-4-2-9-3-5-11(19-12(9)8-10)13-15-6-1-7-16-13/h1-2,4,6-8,11H,3,5H2,(H2,14,17,18). The van der Waals surface area contributed by atoms with E-state index in [1.165, 1.54) is 12.1 Å². The highest BCUT2D eigenvalue weighted by molar-refractivity contribution is 7.89. The second-order valence-corrected chi connectivity index (χ2v) is 6.13. The monoisotopic (exact) mass is 291 g/mol. The minimum absolute atomic E-state index is 0.0471. The van der Waals surface area contributed by atoms with Gasteiger partial charge in [-0.15, -0.1) is 0 Å². The molecule has 0 spiro atoms. The first-order valence-corrected chi connectivity index (χ1v) is 7.68. The van der Waals surface area contributed by atoms with Gasteiger partial charge >= 0.3 is 0 Å². The zero-order chi connectivity index (χ0) is 14.2. The number of hydrogen-bond acceptors (Lipinski definition) is 5. The number of nitrogens with zero attached hydrogens (tertiary/aromatic N) is 2. The predicted molar refractivity (Wildman–Crippen MR) is 71.5 cm³/mol. The number of aryl methyl sites for hydroxylation is 1. The Hall–Kier alpha value is -1.99. The highest BCUT2D eigenvalue weighted by Crippen LogP contribution is 2.34. The second-order valence-electron chi connectivity index (χ2n) is 4.57. The Morgan fingerprint density at radius 2 is 2.00 bits per heavy atom. The molecular formula is C13H13N3O3S. The molecule has 104 valence electrons. The minimum atomic E-state index is -3.73. The van der Waals surface area contributed by atoms with Crippen molar-refractivity contribution in [3.63, 3.8) is 0 Å². The Labute approximate surface area is 116 Å². The van der Waals surface area contributed by atoms with Crippen LogP contribution in [0.5, 0.6) is 5.75 Å². The number of aromatic nitrogens is 2. The average Bonchev–Trinajstić information content (AvgIpc) is 2.46. The van der Waals surface area contributed by atoms with E-state index in [1.54, 1.807) is 24.5 Å². The summed E-state index contributed by atoms with van der Waals surface area (Å²) >= 11 is 0. The van der Waals surface area contributed by atoms with Crippen molar-refractivity contribution in [1.29, 1.82) is 0 Å². The number of sulfonamides is 1. The molecule has 2 aromatic rings. The molecular weight excluding hydrogens is 278 g/mol. The first kappa shape index (κ1) is 13.0. The molecule has 0 saturated carbocycles. The van der Waals surface area contributed by atoms with Crippen molar-refractivity contribution in [3.8, 4) is 5.75 Å². The highest BCUT2D eigenvalue weighted by Gasteiger charge is 2.24. The van der Waals surface area contributed by atoms with Crippen molar-refractivity contribution in [2.24, 2.45) is 5.14 Å². The molecule has 1 atom stereocenters. The van der Waals surface area contributed by atoms with Gasteiger partial charge in [0.2, 0.25) is 10.0 Å². The molecule has 1 aliphatic heterocycles. The van der Waals surface area contributed by atoms with Gasteiger partial charge in [0.15, 0.2) is 11.9 Å². The molecule has 2 N–H and O–H groups in total. The SMILES string of the molecule is NS(=O)(=O)c1ccc2c(c1)OC(c1ncccn1)CC2. The first-order chi connectivity index (χ1) is 9.54. The van der Waals surface area contributed by atoms with Crippen LogP contribution in [-0.4, -0.2) is 18.4 Å². The number of ether oxygens (including phenoxy) is 1. The lowest BCUT2D eigenvalue weighted by Gasteiger charge is -2.25. The summed E-state index contributed by atoms with van der Waals surface area (Å²) in [4.78, 5) is 8.38. The van der Waals surface area contributed by atoms with Crippen LogP contribution in [0, 0.1) is 0 Å². The van der Waals surface area contributed by atoms with Gasteiger partial charge in [-0.3, -0.25) is 0 Å². The van der Waals surface area contributed by atoms with Crippen LogP contribution in [-0.2, 0) is 16.4 Å². The van der Waals surface area contributed by atoms with Gasteiger partial charge < -0.3 is 4.74 Å². The largest absolute Gasteiger partial charge is 0.482 e. The molecule has 6 nitrogen and oxygen atoms in total. The lowest BCUT2D eigenvalue weighted by atomic mass is 10.0. The summed E-state index contributed by atoms with van der Waals surface area (Å²) in [6, 6.07) is 6.42. The molecule has 3 rings (SSSR count). The number of primary sulfonamides is 1. The summed E-state index contributed by atoms with van der Waals surface area (Å²) in [5, 5.41) is 5.13. The van der Waals surface area contributed by atoms with E-state index in [0.717, 1.165) is 18.4 Å². The number of hydrogen-bond donors (Lipinski definition) is 1. The summed E-state index contributed by atoms with van der Waals surface area (Å²) in [7, 11) is -3.73.